The van der Waals surface area contributed by atoms with Crippen molar-refractivity contribution in [2.75, 3.05) is 29.5 Å². The van der Waals surface area contributed by atoms with Crippen LogP contribution in [0.25, 0.3) is 0 Å². The maximum atomic E-state index is 10.9. The van der Waals surface area contributed by atoms with E-state index in [0.717, 1.165) is 24.5 Å². The van der Waals surface area contributed by atoms with Crippen LogP contribution in [-0.4, -0.2) is 34.7 Å². The highest BCUT2D eigenvalue weighted by Gasteiger charge is 2.27. The molecule has 0 radical (unpaired) electrons. The molecule has 98 valence electrons. The van der Waals surface area contributed by atoms with Gasteiger partial charge in [-0.15, -0.1) is 0 Å². The number of benzene rings is 1. The molecule has 1 aliphatic heterocycles. The van der Waals surface area contributed by atoms with Gasteiger partial charge in [0.15, 0.2) is 0 Å². The Morgan fingerprint density at radius 1 is 1.50 bits per heavy atom. The molecule has 0 aliphatic carbocycles. The summed E-state index contributed by atoms with van der Waals surface area (Å²) in [7, 11) is 0. The van der Waals surface area contributed by atoms with Crippen LogP contribution < -0.4 is 10.6 Å². The Bertz CT molecular complexity index is 474. The van der Waals surface area contributed by atoms with Gasteiger partial charge < -0.3 is 15.7 Å². The highest BCUT2D eigenvalue weighted by molar-refractivity contribution is 8.00. The average molecular weight is 266 g/mol. The second kappa shape index (κ2) is 4.72. The molecule has 0 atom stereocenters. The SMILES string of the molecule is CC1(C)CN(c2ccc(C(=O)O)c(N)c2)CCS1. The first-order valence-corrected chi connectivity index (χ1v) is 6.89. The van der Waals surface area contributed by atoms with E-state index in [1.807, 2.05) is 17.8 Å². The number of carboxylic acids is 1. The normalized spacial score (nSPS) is 18.7. The first-order valence-electron chi connectivity index (χ1n) is 5.91. The maximum Gasteiger partial charge on any atom is 0.337 e. The van der Waals surface area contributed by atoms with Crippen LogP contribution in [0, 0.1) is 0 Å². The second-order valence-corrected chi connectivity index (χ2v) is 6.91. The zero-order valence-corrected chi connectivity index (χ0v) is 11.5. The molecule has 2 rings (SSSR count). The standard InChI is InChI=1S/C13H18N2O2S/c1-13(2)8-15(5-6-18-13)9-3-4-10(12(16)17)11(14)7-9/h3-4,7H,5-6,8,14H2,1-2H3,(H,16,17). The van der Waals surface area contributed by atoms with E-state index in [0.29, 0.717) is 5.69 Å². The van der Waals surface area contributed by atoms with Gasteiger partial charge >= 0.3 is 5.97 Å². The van der Waals surface area contributed by atoms with Crippen LogP contribution >= 0.6 is 11.8 Å². The number of rotatable bonds is 2. The zero-order chi connectivity index (χ0) is 13.3. The van der Waals surface area contributed by atoms with Gasteiger partial charge in [0.05, 0.1) is 5.56 Å². The van der Waals surface area contributed by atoms with Gasteiger partial charge in [-0.1, -0.05) is 0 Å². The van der Waals surface area contributed by atoms with Crippen molar-refractivity contribution >= 4 is 29.1 Å². The summed E-state index contributed by atoms with van der Waals surface area (Å²) >= 11 is 1.96. The fraction of sp³-hybridized carbons (Fsp3) is 0.462. The van der Waals surface area contributed by atoms with Crippen LogP contribution in [0.2, 0.25) is 0 Å². The summed E-state index contributed by atoms with van der Waals surface area (Å²) in [6, 6.07) is 5.18. The number of hydrogen-bond donors (Lipinski definition) is 2. The van der Waals surface area contributed by atoms with Gasteiger partial charge in [0.1, 0.15) is 0 Å². The average Bonchev–Trinajstić information content (AvgIpc) is 2.27. The minimum Gasteiger partial charge on any atom is -0.478 e. The lowest BCUT2D eigenvalue weighted by molar-refractivity contribution is 0.0698. The molecular weight excluding hydrogens is 248 g/mol. The molecule has 1 aromatic rings. The third-order valence-electron chi connectivity index (χ3n) is 3.06. The van der Waals surface area contributed by atoms with E-state index in [-0.39, 0.29) is 10.3 Å². The molecule has 0 spiro atoms. The topological polar surface area (TPSA) is 66.6 Å². The van der Waals surface area contributed by atoms with E-state index in [4.69, 9.17) is 10.8 Å². The molecule has 3 N–H and O–H groups in total. The van der Waals surface area contributed by atoms with E-state index >= 15 is 0 Å². The first kappa shape index (κ1) is 13.1. The molecule has 1 saturated heterocycles. The summed E-state index contributed by atoms with van der Waals surface area (Å²) in [5.41, 5.74) is 7.29. The number of anilines is 2. The number of aromatic carboxylic acids is 1. The number of hydrogen-bond acceptors (Lipinski definition) is 4. The summed E-state index contributed by atoms with van der Waals surface area (Å²) < 4.78 is 0.221. The molecule has 0 unspecified atom stereocenters. The molecule has 5 heteroatoms. The van der Waals surface area contributed by atoms with E-state index < -0.39 is 5.97 Å². The van der Waals surface area contributed by atoms with Crippen LogP contribution in [0.1, 0.15) is 24.2 Å². The van der Waals surface area contributed by atoms with Gasteiger partial charge in [0, 0.05) is 35.0 Å². The Hall–Kier alpha value is -1.36. The number of carbonyl (C=O) groups is 1. The molecule has 0 bridgehead atoms. The largest absolute Gasteiger partial charge is 0.478 e. The third-order valence-corrected chi connectivity index (χ3v) is 4.35. The quantitative estimate of drug-likeness (QED) is 0.804. The zero-order valence-electron chi connectivity index (χ0n) is 10.6. The summed E-state index contributed by atoms with van der Waals surface area (Å²) in [6.07, 6.45) is 0. The van der Waals surface area contributed by atoms with Crippen molar-refractivity contribution in [3.8, 4) is 0 Å². The van der Waals surface area contributed by atoms with Gasteiger partial charge in [-0.2, -0.15) is 11.8 Å². The lowest BCUT2D eigenvalue weighted by Gasteiger charge is -2.39. The number of carboxylic acid groups (broad SMARTS) is 1. The Morgan fingerprint density at radius 3 is 2.78 bits per heavy atom. The van der Waals surface area contributed by atoms with Crippen molar-refractivity contribution in [1.29, 1.82) is 0 Å². The van der Waals surface area contributed by atoms with Crippen LogP contribution in [0.4, 0.5) is 11.4 Å². The van der Waals surface area contributed by atoms with Gasteiger partial charge in [-0.25, -0.2) is 4.79 Å². The van der Waals surface area contributed by atoms with Crippen molar-refractivity contribution in [3.05, 3.63) is 23.8 Å². The van der Waals surface area contributed by atoms with Crippen molar-refractivity contribution in [2.24, 2.45) is 0 Å². The molecule has 1 fully saturated rings. The van der Waals surface area contributed by atoms with Gasteiger partial charge in [0.2, 0.25) is 0 Å². The maximum absolute atomic E-state index is 10.9. The van der Waals surface area contributed by atoms with Crippen LogP contribution in [0.3, 0.4) is 0 Å². The molecule has 18 heavy (non-hydrogen) atoms. The van der Waals surface area contributed by atoms with E-state index in [1.54, 1.807) is 12.1 Å². The predicted octanol–water partition coefficient (Wildman–Crippen LogP) is 2.30. The summed E-state index contributed by atoms with van der Waals surface area (Å²) in [5, 5.41) is 8.95. The van der Waals surface area contributed by atoms with Crippen LogP contribution in [0.5, 0.6) is 0 Å². The summed E-state index contributed by atoms with van der Waals surface area (Å²) in [4.78, 5) is 13.2. The molecule has 1 aliphatic rings. The van der Waals surface area contributed by atoms with E-state index in [1.165, 1.54) is 0 Å². The molecule has 0 saturated carbocycles. The predicted molar refractivity (Wildman–Crippen MR) is 76.6 cm³/mol. The second-order valence-electron chi connectivity index (χ2n) is 5.11. The molecule has 0 aromatic heterocycles. The smallest absolute Gasteiger partial charge is 0.337 e. The highest BCUT2D eigenvalue weighted by atomic mass is 32.2. The molecule has 1 heterocycles. The Labute approximate surface area is 111 Å². The Morgan fingerprint density at radius 2 is 2.22 bits per heavy atom. The monoisotopic (exact) mass is 266 g/mol. The minimum atomic E-state index is -0.978. The summed E-state index contributed by atoms with van der Waals surface area (Å²) in [6.45, 7) is 6.36. The first-order chi connectivity index (χ1) is 8.39. The van der Waals surface area contributed by atoms with Crippen molar-refractivity contribution < 1.29 is 9.90 Å². The van der Waals surface area contributed by atoms with Gasteiger partial charge in [-0.05, 0) is 32.0 Å². The Kier molecular flexibility index (Phi) is 3.43. The van der Waals surface area contributed by atoms with E-state index in [9.17, 15) is 4.79 Å². The van der Waals surface area contributed by atoms with Crippen molar-refractivity contribution in [2.45, 2.75) is 18.6 Å². The molecule has 0 amide bonds. The molecule has 1 aromatic carbocycles. The lowest BCUT2D eigenvalue weighted by Crippen LogP contribution is -2.43. The fourth-order valence-electron chi connectivity index (χ4n) is 2.18. The fourth-order valence-corrected chi connectivity index (χ4v) is 3.29. The summed E-state index contributed by atoms with van der Waals surface area (Å²) in [5.74, 6) is 0.0988. The van der Waals surface area contributed by atoms with Crippen LogP contribution in [0.15, 0.2) is 18.2 Å². The Balaban J connectivity index is 2.24. The van der Waals surface area contributed by atoms with E-state index in [2.05, 4.69) is 18.7 Å². The van der Waals surface area contributed by atoms with Crippen molar-refractivity contribution in [1.82, 2.24) is 0 Å². The number of nitrogens with zero attached hydrogens (tertiary/aromatic N) is 1. The van der Waals surface area contributed by atoms with Gasteiger partial charge in [0.25, 0.3) is 0 Å². The highest BCUT2D eigenvalue weighted by Crippen LogP contribution is 2.33. The van der Waals surface area contributed by atoms with Gasteiger partial charge in [-0.3, -0.25) is 0 Å². The molecular formula is C13H18N2O2S. The third kappa shape index (κ3) is 2.72. The minimum absolute atomic E-state index is 0.171. The van der Waals surface area contributed by atoms with Crippen LogP contribution in [-0.2, 0) is 0 Å². The number of thioether (sulfide) groups is 1. The van der Waals surface area contributed by atoms with Crippen molar-refractivity contribution in [3.63, 3.8) is 0 Å². The number of nitrogen functional groups attached to an aromatic ring is 1. The lowest BCUT2D eigenvalue weighted by atomic mass is 10.1. The number of nitrogens with two attached hydrogens (primary N) is 1. The molecule has 4 nitrogen and oxygen atoms in total.